The number of fused-ring (bicyclic) bond motifs is 1. The second kappa shape index (κ2) is 6.26. The van der Waals surface area contributed by atoms with Gasteiger partial charge in [0.25, 0.3) is 0 Å². The molecule has 3 aromatic rings. The number of benzene rings is 1. The Kier molecular flexibility index (Phi) is 4.16. The van der Waals surface area contributed by atoms with Gasteiger partial charge in [0, 0.05) is 30.3 Å². The van der Waals surface area contributed by atoms with E-state index < -0.39 is 5.97 Å². The van der Waals surface area contributed by atoms with Gasteiger partial charge in [-0.05, 0) is 18.2 Å². The molecule has 0 atom stereocenters. The van der Waals surface area contributed by atoms with Crippen molar-refractivity contribution in [2.24, 2.45) is 7.05 Å². The molecule has 0 spiro atoms. The quantitative estimate of drug-likeness (QED) is 0.543. The Labute approximate surface area is 137 Å². The molecule has 0 aliphatic rings. The third kappa shape index (κ3) is 3.27. The van der Waals surface area contributed by atoms with Crippen molar-refractivity contribution in [2.75, 3.05) is 7.11 Å². The van der Waals surface area contributed by atoms with Gasteiger partial charge in [-0.2, -0.15) is 5.10 Å². The lowest BCUT2D eigenvalue weighted by Gasteiger charge is -2.08. The van der Waals surface area contributed by atoms with E-state index in [0.717, 1.165) is 10.9 Å². The first-order chi connectivity index (χ1) is 11.1. The summed E-state index contributed by atoms with van der Waals surface area (Å²) < 4.78 is 12.0. The highest BCUT2D eigenvalue weighted by molar-refractivity contribution is 6.30. The van der Waals surface area contributed by atoms with E-state index in [2.05, 4.69) is 10.1 Å². The Hall–Kier alpha value is -2.60. The maximum atomic E-state index is 11.9. The number of rotatable bonds is 4. The number of aromatic nitrogens is 3. The van der Waals surface area contributed by atoms with Gasteiger partial charge in [-0.3, -0.25) is 4.68 Å². The highest BCUT2D eigenvalue weighted by Gasteiger charge is 2.12. The van der Waals surface area contributed by atoms with Crippen LogP contribution in [0.15, 0.2) is 36.7 Å². The molecule has 0 radical (unpaired) electrons. The van der Waals surface area contributed by atoms with Crippen molar-refractivity contribution in [1.29, 1.82) is 0 Å². The smallest absolute Gasteiger partial charge is 0.341 e. The summed E-state index contributed by atoms with van der Waals surface area (Å²) in [4.78, 5) is 16.3. The van der Waals surface area contributed by atoms with Crippen LogP contribution in [0.4, 0.5) is 0 Å². The number of methoxy groups -OCH3 is 1. The first-order valence-electron chi connectivity index (χ1n) is 6.86. The van der Waals surface area contributed by atoms with Gasteiger partial charge >= 0.3 is 5.97 Å². The van der Waals surface area contributed by atoms with Gasteiger partial charge in [-0.15, -0.1) is 0 Å². The molecule has 3 rings (SSSR count). The van der Waals surface area contributed by atoms with Crippen LogP contribution in [0.2, 0.25) is 5.15 Å². The summed E-state index contributed by atoms with van der Waals surface area (Å²) in [7, 11) is 3.32. The molecule has 1 aromatic carbocycles. The van der Waals surface area contributed by atoms with Crippen molar-refractivity contribution >= 4 is 28.5 Å². The summed E-state index contributed by atoms with van der Waals surface area (Å²) in [5, 5.41) is 5.12. The average Bonchev–Trinajstić information content (AvgIpc) is 2.98. The first-order valence-corrected chi connectivity index (χ1v) is 7.23. The second-order valence-electron chi connectivity index (χ2n) is 4.98. The fourth-order valence-corrected chi connectivity index (χ4v) is 2.35. The van der Waals surface area contributed by atoms with Crippen molar-refractivity contribution in [3.63, 3.8) is 0 Å². The van der Waals surface area contributed by atoms with Gasteiger partial charge in [0.1, 0.15) is 17.5 Å². The molecule has 2 heterocycles. The standard InChI is InChI=1S/C16H14ClN3O3/c1-20-8-12(7-18-20)16(21)23-9-11-5-10-3-4-13(22-2)6-14(10)19-15(11)17/h3-8H,9H2,1-2H3. The Bertz CT molecular complexity index is 876. The van der Waals surface area contributed by atoms with Crippen molar-refractivity contribution in [3.05, 3.63) is 52.9 Å². The topological polar surface area (TPSA) is 66.2 Å². The highest BCUT2D eigenvalue weighted by atomic mass is 35.5. The summed E-state index contributed by atoms with van der Waals surface area (Å²) in [5.41, 5.74) is 1.75. The molecule has 0 amide bonds. The predicted octanol–water partition coefficient (Wildman–Crippen LogP) is 2.99. The number of pyridine rings is 1. The minimum Gasteiger partial charge on any atom is -0.497 e. The van der Waals surface area contributed by atoms with E-state index in [1.807, 2.05) is 18.2 Å². The molecule has 0 aliphatic heterocycles. The van der Waals surface area contributed by atoms with Crippen LogP contribution in [0.1, 0.15) is 15.9 Å². The largest absolute Gasteiger partial charge is 0.497 e. The third-order valence-corrected chi connectivity index (χ3v) is 3.68. The van der Waals surface area contributed by atoms with Crippen molar-refractivity contribution in [3.8, 4) is 5.75 Å². The van der Waals surface area contributed by atoms with Crippen LogP contribution in [0.25, 0.3) is 10.9 Å². The highest BCUT2D eigenvalue weighted by Crippen LogP contribution is 2.24. The number of ether oxygens (including phenoxy) is 2. The number of carbonyl (C=O) groups excluding carboxylic acids is 1. The van der Waals surface area contributed by atoms with Gasteiger partial charge in [-0.25, -0.2) is 9.78 Å². The van der Waals surface area contributed by atoms with Crippen LogP contribution in [0.3, 0.4) is 0 Å². The van der Waals surface area contributed by atoms with Crippen LogP contribution in [-0.4, -0.2) is 27.8 Å². The van der Waals surface area contributed by atoms with Crippen molar-refractivity contribution in [1.82, 2.24) is 14.8 Å². The monoisotopic (exact) mass is 331 g/mol. The molecule has 0 fully saturated rings. The molecule has 0 saturated carbocycles. The van der Waals surface area contributed by atoms with Crippen molar-refractivity contribution < 1.29 is 14.3 Å². The maximum Gasteiger partial charge on any atom is 0.341 e. The average molecular weight is 332 g/mol. The minimum absolute atomic E-state index is 0.0432. The van der Waals surface area contributed by atoms with E-state index >= 15 is 0 Å². The zero-order valence-electron chi connectivity index (χ0n) is 12.6. The van der Waals surface area contributed by atoms with E-state index in [1.54, 1.807) is 26.4 Å². The number of nitrogens with zero attached hydrogens (tertiary/aromatic N) is 3. The normalized spacial score (nSPS) is 10.7. The molecule has 0 N–H and O–H groups in total. The molecule has 23 heavy (non-hydrogen) atoms. The van der Waals surface area contributed by atoms with E-state index in [-0.39, 0.29) is 6.61 Å². The molecule has 0 saturated heterocycles. The first kappa shape index (κ1) is 15.3. The predicted molar refractivity (Wildman–Crippen MR) is 85.6 cm³/mol. The van der Waals surface area contributed by atoms with E-state index in [0.29, 0.717) is 22.0 Å². The number of esters is 1. The number of halogens is 1. The molecule has 118 valence electrons. The summed E-state index contributed by atoms with van der Waals surface area (Å²) in [6, 6.07) is 7.36. The fourth-order valence-electron chi connectivity index (χ4n) is 2.15. The van der Waals surface area contributed by atoms with Gasteiger partial charge in [0.2, 0.25) is 0 Å². The van der Waals surface area contributed by atoms with Crippen LogP contribution in [0.5, 0.6) is 5.75 Å². The Morgan fingerprint density at radius 2 is 2.17 bits per heavy atom. The zero-order chi connectivity index (χ0) is 16.4. The van der Waals surface area contributed by atoms with Gasteiger partial charge in [0.05, 0.1) is 24.4 Å². The number of carbonyl (C=O) groups is 1. The lowest BCUT2D eigenvalue weighted by atomic mass is 10.1. The van der Waals surface area contributed by atoms with Crippen molar-refractivity contribution in [2.45, 2.75) is 6.61 Å². The van der Waals surface area contributed by atoms with Gasteiger partial charge < -0.3 is 9.47 Å². The lowest BCUT2D eigenvalue weighted by Crippen LogP contribution is -2.05. The lowest BCUT2D eigenvalue weighted by molar-refractivity contribution is 0.0472. The molecule has 7 heteroatoms. The molecule has 6 nitrogen and oxygen atoms in total. The van der Waals surface area contributed by atoms with Crippen LogP contribution >= 0.6 is 11.6 Å². The van der Waals surface area contributed by atoms with E-state index in [1.165, 1.54) is 10.9 Å². The van der Waals surface area contributed by atoms with Crippen LogP contribution in [-0.2, 0) is 18.4 Å². The molecule has 0 bridgehead atoms. The molecular weight excluding hydrogens is 318 g/mol. The molecule has 2 aromatic heterocycles. The van der Waals surface area contributed by atoms with Gasteiger partial charge in [0.15, 0.2) is 0 Å². The minimum atomic E-state index is -0.455. The van der Waals surface area contributed by atoms with E-state index in [9.17, 15) is 4.79 Å². The number of hydrogen-bond acceptors (Lipinski definition) is 5. The summed E-state index contributed by atoms with van der Waals surface area (Å²) in [5.74, 6) is 0.251. The number of hydrogen-bond donors (Lipinski definition) is 0. The zero-order valence-corrected chi connectivity index (χ0v) is 13.4. The summed E-state index contributed by atoms with van der Waals surface area (Å²) in [6.07, 6.45) is 3.05. The summed E-state index contributed by atoms with van der Waals surface area (Å²) >= 11 is 6.17. The molecular formula is C16H14ClN3O3. The second-order valence-corrected chi connectivity index (χ2v) is 5.33. The van der Waals surface area contributed by atoms with E-state index in [4.69, 9.17) is 21.1 Å². The Morgan fingerprint density at radius 3 is 2.87 bits per heavy atom. The summed E-state index contributed by atoms with van der Waals surface area (Å²) in [6.45, 7) is 0.0432. The Morgan fingerprint density at radius 1 is 1.35 bits per heavy atom. The van der Waals surface area contributed by atoms with Gasteiger partial charge in [-0.1, -0.05) is 11.6 Å². The number of aryl methyl sites for hydroxylation is 1. The fraction of sp³-hybridized carbons (Fsp3) is 0.188. The van der Waals surface area contributed by atoms with Crippen LogP contribution in [0, 0.1) is 0 Å². The SMILES string of the molecule is COc1ccc2cc(COC(=O)c3cnn(C)c3)c(Cl)nc2c1. The molecule has 0 unspecified atom stereocenters. The molecule has 0 aliphatic carbocycles. The Balaban J connectivity index is 1.80. The third-order valence-electron chi connectivity index (χ3n) is 3.35. The van der Waals surface area contributed by atoms with Crippen LogP contribution < -0.4 is 4.74 Å². The maximum absolute atomic E-state index is 11.9.